The summed E-state index contributed by atoms with van der Waals surface area (Å²) in [5.74, 6) is 0.221. The molecule has 168 valence electrons. The van der Waals surface area contributed by atoms with Crippen molar-refractivity contribution in [2.45, 2.75) is 23.9 Å². The Bertz CT molecular complexity index is 1140. The van der Waals surface area contributed by atoms with Gasteiger partial charge in [0.05, 0.1) is 31.4 Å². The third-order valence-electron chi connectivity index (χ3n) is 4.73. The lowest BCUT2D eigenvalue weighted by atomic mass is 10.1. The zero-order valence-corrected chi connectivity index (χ0v) is 18.6. The van der Waals surface area contributed by atoms with Crippen LogP contribution < -0.4 is 19.5 Å². The summed E-state index contributed by atoms with van der Waals surface area (Å²) in [6.07, 6.45) is 1.81. The zero-order valence-electron chi connectivity index (χ0n) is 17.8. The number of amides is 1. The van der Waals surface area contributed by atoms with Crippen LogP contribution in [0.2, 0.25) is 0 Å². The summed E-state index contributed by atoms with van der Waals surface area (Å²) in [5, 5.41) is 2.76. The number of nitrogens with zero attached hydrogens (tertiary/aromatic N) is 1. The highest BCUT2D eigenvalue weighted by Crippen LogP contribution is 2.29. The van der Waals surface area contributed by atoms with E-state index < -0.39 is 22.0 Å². The first-order chi connectivity index (χ1) is 15.4. The van der Waals surface area contributed by atoms with Gasteiger partial charge in [-0.25, -0.2) is 8.42 Å². The van der Waals surface area contributed by atoms with Crippen LogP contribution in [-0.2, 0) is 27.8 Å². The number of hydrogen-bond donors (Lipinski definition) is 2. The Morgan fingerprint density at radius 1 is 0.969 bits per heavy atom. The number of pyridine rings is 1. The Morgan fingerprint density at radius 3 is 2.34 bits per heavy atom. The number of carbonyl (C=O) groups is 1. The van der Waals surface area contributed by atoms with Crippen molar-refractivity contribution in [1.82, 2.24) is 15.0 Å². The van der Waals surface area contributed by atoms with Gasteiger partial charge in [0.25, 0.3) is 0 Å². The lowest BCUT2D eigenvalue weighted by Gasteiger charge is -2.19. The number of carbonyl (C=O) groups excluding carboxylic acids is 1. The number of benzene rings is 2. The van der Waals surface area contributed by atoms with Gasteiger partial charge in [0.2, 0.25) is 15.9 Å². The molecule has 0 radical (unpaired) electrons. The minimum absolute atomic E-state index is 0.0364. The van der Waals surface area contributed by atoms with E-state index in [1.165, 1.54) is 32.4 Å². The first-order valence-electron chi connectivity index (χ1n) is 9.89. The van der Waals surface area contributed by atoms with Crippen molar-refractivity contribution in [1.29, 1.82) is 0 Å². The highest BCUT2D eigenvalue weighted by Gasteiger charge is 2.27. The number of sulfonamides is 1. The molecule has 0 bridgehead atoms. The Balaban J connectivity index is 1.83. The maximum atomic E-state index is 13.1. The van der Waals surface area contributed by atoms with Crippen molar-refractivity contribution < 1.29 is 22.7 Å². The van der Waals surface area contributed by atoms with Crippen molar-refractivity contribution in [3.63, 3.8) is 0 Å². The van der Waals surface area contributed by atoms with Gasteiger partial charge >= 0.3 is 0 Å². The van der Waals surface area contributed by atoms with Crippen molar-refractivity contribution in [3.05, 3.63) is 84.2 Å². The molecule has 1 aromatic heterocycles. The van der Waals surface area contributed by atoms with Crippen molar-refractivity contribution >= 4 is 15.9 Å². The molecule has 32 heavy (non-hydrogen) atoms. The highest BCUT2D eigenvalue weighted by molar-refractivity contribution is 7.89. The highest BCUT2D eigenvalue weighted by atomic mass is 32.2. The molecule has 1 atom stereocenters. The van der Waals surface area contributed by atoms with Gasteiger partial charge in [-0.05, 0) is 36.2 Å². The molecule has 3 rings (SSSR count). The van der Waals surface area contributed by atoms with E-state index in [2.05, 4.69) is 15.0 Å². The van der Waals surface area contributed by atoms with Gasteiger partial charge in [-0.3, -0.25) is 9.78 Å². The quantitative estimate of drug-likeness (QED) is 0.486. The number of aromatic nitrogens is 1. The maximum Gasteiger partial charge on any atom is 0.241 e. The standard InChI is InChI=1S/C23H25N3O5S/c1-30-21-12-11-19(15-22(21)31-2)32(28,29)26-20(14-17-8-4-3-5-9-17)23(27)25-16-18-10-6-7-13-24-18/h3-13,15,20,26H,14,16H2,1-2H3,(H,25,27)/t20-/m1/s1. The zero-order chi connectivity index (χ0) is 23.0. The van der Waals surface area contributed by atoms with Crippen LogP contribution in [-0.4, -0.2) is 39.6 Å². The van der Waals surface area contributed by atoms with E-state index in [0.29, 0.717) is 11.4 Å². The summed E-state index contributed by atoms with van der Waals surface area (Å²) in [6, 6.07) is 17.8. The van der Waals surface area contributed by atoms with Crippen molar-refractivity contribution in [2.24, 2.45) is 0 Å². The number of nitrogens with one attached hydrogen (secondary N) is 2. The van der Waals surface area contributed by atoms with Gasteiger partial charge in [0, 0.05) is 12.3 Å². The molecular formula is C23H25N3O5S. The van der Waals surface area contributed by atoms with E-state index in [4.69, 9.17) is 9.47 Å². The predicted octanol–water partition coefficient (Wildman–Crippen LogP) is 2.30. The van der Waals surface area contributed by atoms with Crippen LogP contribution in [0.25, 0.3) is 0 Å². The molecule has 0 aliphatic heterocycles. The van der Waals surface area contributed by atoms with Gasteiger partial charge < -0.3 is 14.8 Å². The molecular weight excluding hydrogens is 430 g/mol. The first-order valence-corrected chi connectivity index (χ1v) is 11.4. The predicted molar refractivity (Wildman–Crippen MR) is 120 cm³/mol. The van der Waals surface area contributed by atoms with E-state index in [1.54, 1.807) is 18.3 Å². The maximum absolute atomic E-state index is 13.1. The van der Waals surface area contributed by atoms with Gasteiger partial charge in [0.15, 0.2) is 11.5 Å². The van der Waals surface area contributed by atoms with E-state index in [-0.39, 0.29) is 23.6 Å². The number of methoxy groups -OCH3 is 2. The van der Waals surface area contributed by atoms with Gasteiger partial charge in [-0.2, -0.15) is 4.72 Å². The number of hydrogen-bond acceptors (Lipinski definition) is 6. The molecule has 1 amide bonds. The summed E-state index contributed by atoms with van der Waals surface area (Å²) in [7, 11) is -1.14. The molecule has 0 saturated heterocycles. The Morgan fingerprint density at radius 2 is 1.69 bits per heavy atom. The number of rotatable bonds is 10. The summed E-state index contributed by atoms with van der Waals surface area (Å²) in [4.78, 5) is 17.1. The second kappa shape index (κ2) is 10.7. The third-order valence-corrected chi connectivity index (χ3v) is 6.20. The molecule has 0 saturated carbocycles. The summed E-state index contributed by atoms with van der Waals surface area (Å²) in [6.45, 7) is 0.184. The molecule has 1 heterocycles. The van der Waals surface area contributed by atoms with Crippen LogP contribution in [0.4, 0.5) is 0 Å². The van der Waals surface area contributed by atoms with Crippen molar-refractivity contribution in [3.8, 4) is 11.5 Å². The molecule has 0 aliphatic carbocycles. The summed E-state index contributed by atoms with van der Waals surface area (Å²) < 4.78 is 39.1. The van der Waals surface area contributed by atoms with Crippen molar-refractivity contribution in [2.75, 3.05) is 14.2 Å². The summed E-state index contributed by atoms with van der Waals surface area (Å²) in [5.41, 5.74) is 1.49. The molecule has 0 fully saturated rings. The van der Waals surface area contributed by atoms with Gasteiger partial charge in [-0.1, -0.05) is 36.4 Å². The molecule has 8 nitrogen and oxygen atoms in total. The molecule has 9 heteroatoms. The fourth-order valence-electron chi connectivity index (χ4n) is 3.08. The second-order valence-corrected chi connectivity index (χ2v) is 8.63. The lowest BCUT2D eigenvalue weighted by molar-refractivity contribution is -0.122. The topological polar surface area (TPSA) is 107 Å². The van der Waals surface area contributed by atoms with Gasteiger partial charge in [0.1, 0.15) is 6.04 Å². The average molecular weight is 456 g/mol. The fraction of sp³-hybridized carbons (Fsp3) is 0.217. The van der Waals surface area contributed by atoms with Crippen LogP contribution >= 0.6 is 0 Å². The first kappa shape index (κ1) is 23.2. The van der Waals surface area contributed by atoms with E-state index in [0.717, 1.165) is 5.56 Å². The lowest BCUT2D eigenvalue weighted by Crippen LogP contribution is -2.47. The van der Waals surface area contributed by atoms with Crippen LogP contribution in [0.1, 0.15) is 11.3 Å². The van der Waals surface area contributed by atoms with Crippen LogP contribution in [0, 0.1) is 0 Å². The third kappa shape index (κ3) is 6.05. The van der Waals surface area contributed by atoms with E-state index >= 15 is 0 Å². The van der Waals surface area contributed by atoms with Crippen LogP contribution in [0.5, 0.6) is 11.5 Å². The molecule has 2 aromatic carbocycles. The summed E-state index contributed by atoms with van der Waals surface area (Å²) >= 11 is 0. The van der Waals surface area contributed by atoms with E-state index in [9.17, 15) is 13.2 Å². The number of ether oxygens (including phenoxy) is 2. The van der Waals surface area contributed by atoms with Crippen LogP contribution in [0.3, 0.4) is 0 Å². The molecule has 3 aromatic rings. The molecule has 0 aliphatic rings. The average Bonchev–Trinajstić information content (AvgIpc) is 2.82. The monoisotopic (exact) mass is 455 g/mol. The SMILES string of the molecule is COc1ccc(S(=O)(=O)N[C@H](Cc2ccccc2)C(=O)NCc2ccccn2)cc1OC. The molecule has 0 spiro atoms. The Kier molecular flexibility index (Phi) is 7.80. The minimum atomic E-state index is -4.03. The van der Waals surface area contributed by atoms with Crippen LogP contribution in [0.15, 0.2) is 77.8 Å². The van der Waals surface area contributed by atoms with Gasteiger partial charge in [-0.15, -0.1) is 0 Å². The Hall–Kier alpha value is -3.43. The smallest absolute Gasteiger partial charge is 0.241 e. The molecule has 2 N–H and O–H groups in total. The normalized spacial score (nSPS) is 12.1. The van der Waals surface area contributed by atoms with E-state index in [1.807, 2.05) is 36.4 Å². The molecule has 0 unspecified atom stereocenters. The fourth-order valence-corrected chi connectivity index (χ4v) is 4.29. The largest absolute Gasteiger partial charge is 0.493 e. The second-order valence-electron chi connectivity index (χ2n) is 6.92. The minimum Gasteiger partial charge on any atom is -0.493 e. The Labute approximate surface area is 187 Å².